The number of hydrogen-bond acceptors (Lipinski definition) is 5. The van der Waals surface area contributed by atoms with Gasteiger partial charge in [-0.15, -0.1) is 0 Å². The lowest BCUT2D eigenvalue weighted by Gasteiger charge is -2.15. The Balaban J connectivity index is 1.59. The number of nitrogens with one attached hydrogen (secondary N) is 1. The maximum absolute atomic E-state index is 12.9. The van der Waals surface area contributed by atoms with Crippen LogP contribution < -0.4 is 10.1 Å². The first-order valence-electron chi connectivity index (χ1n) is 9.61. The highest BCUT2D eigenvalue weighted by molar-refractivity contribution is 5.94. The molecular weight excluding hydrogens is 378 g/mol. The number of rotatable bonds is 7. The molecule has 30 heavy (non-hydrogen) atoms. The summed E-state index contributed by atoms with van der Waals surface area (Å²) in [5.41, 5.74) is 2.43. The first-order chi connectivity index (χ1) is 14.7. The van der Waals surface area contributed by atoms with Gasteiger partial charge in [0.05, 0.1) is 7.11 Å². The summed E-state index contributed by atoms with van der Waals surface area (Å²) < 4.78 is 10.7. The Morgan fingerprint density at radius 2 is 1.63 bits per heavy atom. The van der Waals surface area contributed by atoms with E-state index in [1.165, 1.54) is 0 Å². The van der Waals surface area contributed by atoms with Gasteiger partial charge < -0.3 is 14.6 Å². The van der Waals surface area contributed by atoms with Crippen LogP contribution in [0.2, 0.25) is 0 Å². The van der Waals surface area contributed by atoms with E-state index in [1.54, 1.807) is 31.4 Å². The monoisotopic (exact) mass is 399 g/mol. The molecule has 1 aromatic heterocycles. The fraction of sp³-hybridized carbons (Fsp3) is 0.125. The summed E-state index contributed by atoms with van der Waals surface area (Å²) in [6.45, 7) is 0. The molecule has 1 N–H and O–H groups in total. The molecule has 6 heteroatoms. The van der Waals surface area contributed by atoms with Crippen molar-refractivity contribution in [2.75, 3.05) is 7.11 Å². The summed E-state index contributed by atoms with van der Waals surface area (Å²) in [4.78, 5) is 17.4. The maximum Gasteiger partial charge on any atom is 0.251 e. The zero-order valence-corrected chi connectivity index (χ0v) is 16.5. The number of benzene rings is 3. The zero-order valence-electron chi connectivity index (χ0n) is 16.5. The molecule has 0 aliphatic carbocycles. The molecule has 1 unspecified atom stereocenters. The second kappa shape index (κ2) is 9.05. The molecule has 0 aliphatic heterocycles. The average molecular weight is 399 g/mol. The van der Waals surface area contributed by atoms with Gasteiger partial charge in [-0.1, -0.05) is 65.8 Å². The molecule has 0 spiro atoms. The van der Waals surface area contributed by atoms with Crippen molar-refractivity contribution in [3.05, 3.63) is 102 Å². The quantitative estimate of drug-likeness (QED) is 0.496. The molecule has 1 atom stereocenters. The molecule has 0 fully saturated rings. The fourth-order valence-electron chi connectivity index (χ4n) is 3.12. The van der Waals surface area contributed by atoms with Crippen LogP contribution in [0.3, 0.4) is 0 Å². The van der Waals surface area contributed by atoms with Crippen molar-refractivity contribution in [3.63, 3.8) is 0 Å². The van der Waals surface area contributed by atoms with E-state index >= 15 is 0 Å². The van der Waals surface area contributed by atoms with E-state index in [4.69, 9.17) is 9.26 Å². The van der Waals surface area contributed by atoms with Gasteiger partial charge in [0.15, 0.2) is 0 Å². The molecule has 0 aliphatic rings. The number of amides is 1. The van der Waals surface area contributed by atoms with Gasteiger partial charge in [0.25, 0.3) is 5.91 Å². The molecule has 1 heterocycles. The van der Waals surface area contributed by atoms with E-state index < -0.39 is 6.04 Å². The standard InChI is InChI=1S/C24H21N3O3/c1-29-20-14-12-19(13-15-20)23(28)25-21(16-17-8-4-2-5-9-17)24-26-22(27-30-24)18-10-6-3-7-11-18/h2-15,21H,16H2,1H3,(H,25,28). The van der Waals surface area contributed by atoms with Crippen LogP contribution >= 0.6 is 0 Å². The highest BCUT2D eigenvalue weighted by Gasteiger charge is 2.23. The Morgan fingerprint density at radius 3 is 2.30 bits per heavy atom. The van der Waals surface area contributed by atoms with Crippen molar-refractivity contribution in [1.29, 1.82) is 0 Å². The maximum atomic E-state index is 12.9. The van der Waals surface area contributed by atoms with Gasteiger partial charge >= 0.3 is 0 Å². The predicted octanol–water partition coefficient (Wildman–Crippen LogP) is 4.46. The highest BCUT2D eigenvalue weighted by atomic mass is 16.5. The van der Waals surface area contributed by atoms with Gasteiger partial charge in [0, 0.05) is 17.5 Å². The van der Waals surface area contributed by atoms with Gasteiger partial charge in [-0.3, -0.25) is 4.79 Å². The topological polar surface area (TPSA) is 77.2 Å². The van der Waals surface area contributed by atoms with Crippen molar-refractivity contribution < 1.29 is 14.1 Å². The van der Waals surface area contributed by atoms with Crippen LogP contribution in [0, 0.1) is 0 Å². The minimum atomic E-state index is -0.466. The first kappa shape index (κ1) is 19.4. The van der Waals surface area contributed by atoms with Crippen LogP contribution in [-0.2, 0) is 6.42 Å². The van der Waals surface area contributed by atoms with Crippen LogP contribution in [-0.4, -0.2) is 23.2 Å². The normalized spacial score (nSPS) is 11.6. The second-order valence-electron chi connectivity index (χ2n) is 6.77. The van der Waals surface area contributed by atoms with Gasteiger partial charge in [0.2, 0.25) is 11.7 Å². The Labute approximate surface area is 174 Å². The summed E-state index contributed by atoms with van der Waals surface area (Å²) in [5, 5.41) is 7.12. The number of aromatic nitrogens is 2. The number of methoxy groups -OCH3 is 1. The summed E-state index contributed by atoms with van der Waals surface area (Å²) in [7, 11) is 1.59. The van der Waals surface area contributed by atoms with Crippen LogP contribution in [0.25, 0.3) is 11.4 Å². The van der Waals surface area contributed by atoms with Crippen molar-refractivity contribution >= 4 is 5.91 Å². The number of nitrogens with zero attached hydrogens (tertiary/aromatic N) is 2. The van der Waals surface area contributed by atoms with Crippen molar-refractivity contribution in [3.8, 4) is 17.1 Å². The largest absolute Gasteiger partial charge is 0.497 e. The molecule has 3 aromatic carbocycles. The molecule has 6 nitrogen and oxygen atoms in total. The third-order valence-electron chi connectivity index (χ3n) is 4.71. The van der Waals surface area contributed by atoms with Gasteiger partial charge in [-0.2, -0.15) is 4.98 Å². The summed E-state index contributed by atoms with van der Waals surface area (Å²) in [5.74, 6) is 1.32. The summed E-state index contributed by atoms with van der Waals surface area (Å²) in [6.07, 6.45) is 0.527. The summed E-state index contributed by atoms with van der Waals surface area (Å²) >= 11 is 0. The fourth-order valence-corrected chi connectivity index (χ4v) is 3.12. The lowest BCUT2D eigenvalue weighted by atomic mass is 10.1. The van der Waals surface area contributed by atoms with Crippen molar-refractivity contribution in [2.24, 2.45) is 0 Å². The van der Waals surface area contributed by atoms with Crippen LogP contribution in [0.1, 0.15) is 27.9 Å². The van der Waals surface area contributed by atoms with E-state index in [0.717, 1.165) is 11.1 Å². The van der Waals surface area contributed by atoms with Gasteiger partial charge in [0.1, 0.15) is 11.8 Å². The number of carbonyl (C=O) groups is 1. The second-order valence-corrected chi connectivity index (χ2v) is 6.77. The first-order valence-corrected chi connectivity index (χ1v) is 9.61. The van der Waals surface area contributed by atoms with E-state index in [2.05, 4.69) is 15.5 Å². The third kappa shape index (κ3) is 4.55. The van der Waals surface area contributed by atoms with Crippen LogP contribution in [0.15, 0.2) is 89.5 Å². The minimum Gasteiger partial charge on any atom is -0.497 e. The lowest BCUT2D eigenvalue weighted by Crippen LogP contribution is -2.30. The average Bonchev–Trinajstić information content (AvgIpc) is 3.30. The zero-order chi connectivity index (χ0) is 20.8. The molecule has 0 bridgehead atoms. The molecule has 0 saturated carbocycles. The number of carbonyl (C=O) groups excluding carboxylic acids is 1. The minimum absolute atomic E-state index is 0.224. The molecule has 1 amide bonds. The van der Waals surface area contributed by atoms with E-state index in [1.807, 2.05) is 60.7 Å². The highest BCUT2D eigenvalue weighted by Crippen LogP contribution is 2.22. The van der Waals surface area contributed by atoms with E-state index in [-0.39, 0.29) is 5.91 Å². The van der Waals surface area contributed by atoms with Gasteiger partial charge in [-0.25, -0.2) is 0 Å². The van der Waals surface area contributed by atoms with E-state index in [9.17, 15) is 4.79 Å². The Bertz CT molecular complexity index is 1090. The SMILES string of the molecule is COc1ccc(C(=O)NC(Cc2ccccc2)c2nc(-c3ccccc3)no2)cc1. The molecule has 0 radical (unpaired) electrons. The Hall–Kier alpha value is -3.93. The van der Waals surface area contributed by atoms with Gasteiger partial charge in [-0.05, 0) is 29.8 Å². The molecular formula is C24H21N3O3. The smallest absolute Gasteiger partial charge is 0.251 e. The van der Waals surface area contributed by atoms with Crippen LogP contribution in [0.5, 0.6) is 5.75 Å². The number of hydrogen-bond donors (Lipinski definition) is 1. The van der Waals surface area contributed by atoms with Crippen molar-refractivity contribution in [1.82, 2.24) is 15.5 Å². The molecule has 4 rings (SSSR count). The molecule has 150 valence electrons. The summed E-state index contributed by atoms with van der Waals surface area (Å²) in [6, 6.07) is 25.9. The molecule has 0 saturated heterocycles. The molecule has 4 aromatic rings. The lowest BCUT2D eigenvalue weighted by molar-refractivity contribution is 0.0928. The Kier molecular flexibility index (Phi) is 5.85. The Morgan fingerprint density at radius 1 is 0.967 bits per heavy atom. The van der Waals surface area contributed by atoms with E-state index in [0.29, 0.717) is 29.4 Å². The number of ether oxygens (including phenoxy) is 1. The van der Waals surface area contributed by atoms with Crippen molar-refractivity contribution in [2.45, 2.75) is 12.5 Å². The van der Waals surface area contributed by atoms with Crippen LogP contribution in [0.4, 0.5) is 0 Å². The predicted molar refractivity (Wildman–Crippen MR) is 113 cm³/mol. The third-order valence-corrected chi connectivity index (χ3v) is 4.71.